The Morgan fingerprint density at radius 2 is 2.10 bits per heavy atom. The van der Waals surface area contributed by atoms with Crippen LogP contribution in [0.25, 0.3) is 0 Å². The van der Waals surface area contributed by atoms with Crippen LogP contribution in [0.3, 0.4) is 0 Å². The molecule has 0 amide bonds. The Morgan fingerprint density at radius 1 is 1.30 bits per heavy atom. The van der Waals surface area contributed by atoms with Gasteiger partial charge in [-0.2, -0.15) is 0 Å². The van der Waals surface area contributed by atoms with Crippen molar-refractivity contribution in [2.75, 3.05) is 19.5 Å². The molecule has 2 aromatic rings. The first-order valence-electron chi connectivity index (χ1n) is 5.97. The maximum atomic E-state index is 11.3. The number of hydrogen-bond acceptors (Lipinski definition) is 4. The Morgan fingerprint density at radius 3 is 2.80 bits per heavy atom. The Kier molecular flexibility index (Phi) is 4.68. The van der Waals surface area contributed by atoms with E-state index in [9.17, 15) is 4.79 Å². The smallest absolute Gasteiger partial charge is 0.354 e. The normalized spacial score (nSPS) is 10.2. The number of hydrogen-bond donors (Lipinski definition) is 2. The highest BCUT2D eigenvalue weighted by atomic mass is 79.9. The fraction of sp³-hybridized carbons (Fsp3) is 0.214. The first-order valence-corrected chi connectivity index (χ1v) is 6.76. The molecule has 0 saturated heterocycles. The van der Waals surface area contributed by atoms with Gasteiger partial charge in [-0.3, -0.25) is 0 Å². The van der Waals surface area contributed by atoms with Crippen molar-refractivity contribution < 1.29 is 14.3 Å². The quantitative estimate of drug-likeness (QED) is 0.822. The van der Waals surface area contributed by atoms with Crippen molar-refractivity contribution in [2.24, 2.45) is 0 Å². The van der Waals surface area contributed by atoms with Gasteiger partial charge in [0.25, 0.3) is 0 Å². The molecule has 0 spiro atoms. The van der Waals surface area contributed by atoms with E-state index in [1.54, 1.807) is 13.2 Å². The molecular weight excluding hydrogens is 324 g/mol. The molecule has 2 rings (SSSR count). The highest BCUT2D eigenvalue weighted by molar-refractivity contribution is 9.10. The molecule has 1 aromatic heterocycles. The molecule has 6 heteroatoms. The Hall–Kier alpha value is -1.95. The zero-order chi connectivity index (χ0) is 14.5. The standard InChI is InChI=1S/C14H15BrN2O3/c1-19-12-6-9(15)5-11(7-12)16-8-10-3-4-13(17-10)14(18)20-2/h3-7,16-17H,8H2,1-2H3. The van der Waals surface area contributed by atoms with Crippen LogP contribution in [0.15, 0.2) is 34.8 Å². The molecule has 0 saturated carbocycles. The number of H-pyrrole nitrogens is 1. The molecule has 1 aromatic carbocycles. The van der Waals surface area contributed by atoms with Crippen LogP contribution in [0.2, 0.25) is 0 Å². The first-order chi connectivity index (χ1) is 9.62. The summed E-state index contributed by atoms with van der Waals surface area (Å²) in [6, 6.07) is 9.27. The van der Waals surface area contributed by atoms with Crippen LogP contribution >= 0.6 is 15.9 Å². The predicted octanol–water partition coefficient (Wildman–Crippen LogP) is 3.18. The maximum Gasteiger partial charge on any atom is 0.354 e. The second kappa shape index (κ2) is 6.47. The predicted molar refractivity (Wildman–Crippen MR) is 80.2 cm³/mol. The number of aromatic amines is 1. The summed E-state index contributed by atoms with van der Waals surface area (Å²) in [4.78, 5) is 14.3. The molecule has 0 unspecified atom stereocenters. The number of methoxy groups -OCH3 is 2. The van der Waals surface area contributed by atoms with E-state index in [0.29, 0.717) is 12.2 Å². The number of halogens is 1. The van der Waals surface area contributed by atoms with Crippen LogP contribution in [0.4, 0.5) is 5.69 Å². The largest absolute Gasteiger partial charge is 0.497 e. The molecule has 20 heavy (non-hydrogen) atoms. The first kappa shape index (κ1) is 14.5. The number of carbonyl (C=O) groups excluding carboxylic acids is 1. The van der Waals surface area contributed by atoms with E-state index in [2.05, 4.69) is 31.0 Å². The summed E-state index contributed by atoms with van der Waals surface area (Å²) >= 11 is 3.42. The number of anilines is 1. The molecule has 0 atom stereocenters. The summed E-state index contributed by atoms with van der Waals surface area (Å²) in [7, 11) is 2.98. The minimum Gasteiger partial charge on any atom is -0.497 e. The molecule has 1 heterocycles. The van der Waals surface area contributed by atoms with E-state index in [1.807, 2.05) is 24.3 Å². The van der Waals surface area contributed by atoms with E-state index in [4.69, 9.17) is 4.74 Å². The summed E-state index contributed by atoms with van der Waals surface area (Å²) in [5.74, 6) is 0.393. The fourth-order valence-corrected chi connectivity index (χ4v) is 2.22. The van der Waals surface area contributed by atoms with Crippen LogP contribution in [0, 0.1) is 0 Å². The Balaban J connectivity index is 2.03. The van der Waals surface area contributed by atoms with E-state index in [0.717, 1.165) is 21.6 Å². The SMILES string of the molecule is COC(=O)c1ccc(CNc2cc(Br)cc(OC)c2)[nH]1. The fourth-order valence-electron chi connectivity index (χ4n) is 1.75. The van der Waals surface area contributed by atoms with Gasteiger partial charge in [0.2, 0.25) is 0 Å². The third-order valence-corrected chi connectivity index (χ3v) is 3.20. The van der Waals surface area contributed by atoms with Crippen molar-refractivity contribution >= 4 is 27.6 Å². The van der Waals surface area contributed by atoms with Crippen molar-refractivity contribution in [1.82, 2.24) is 4.98 Å². The van der Waals surface area contributed by atoms with Gasteiger partial charge in [-0.25, -0.2) is 4.79 Å². The van der Waals surface area contributed by atoms with E-state index >= 15 is 0 Å². The molecule has 0 aliphatic rings. The lowest BCUT2D eigenvalue weighted by Gasteiger charge is -2.08. The number of rotatable bonds is 5. The zero-order valence-corrected chi connectivity index (χ0v) is 12.8. The van der Waals surface area contributed by atoms with Crippen LogP contribution in [0.5, 0.6) is 5.75 Å². The summed E-state index contributed by atoms with van der Waals surface area (Å²) < 4.78 is 10.8. The average Bonchev–Trinajstić information content (AvgIpc) is 2.92. The zero-order valence-electron chi connectivity index (χ0n) is 11.2. The molecule has 106 valence electrons. The molecule has 0 aliphatic heterocycles. The van der Waals surface area contributed by atoms with Crippen molar-refractivity contribution in [3.63, 3.8) is 0 Å². The van der Waals surface area contributed by atoms with Crippen molar-refractivity contribution in [1.29, 1.82) is 0 Å². The number of aromatic nitrogens is 1. The number of ether oxygens (including phenoxy) is 2. The second-order valence-electron chi connectivity index (χ2n) is 4.12. The summed E-state index contributed by atoms with van der Waals surface area (Å²) in [5, 5.41) is 3.25. The number of benzene rings is 1. The van der Waals surface area contributed by atoms with Crippen molar-refractivity contribution in [3.05, 3.63) is 46.2 Å². The molecular formula is C14H15BrN2O3. The number of carbonyl (C=O) groups is 1. The van der Waals surface area contributed by atoms with Gasteiger partial charge in [0.15, 0.2) is 0 Å². The molecule has 0 radical (unpaired) electrons. The summed E-state index contributed by atoms with van der Waals surface area (Å²) in [6.07, 6.45) is 0. The van der Waals surface area contributed by atoms with Gasteiger partial charge in [-0.05, 0) is 24.3 Å². The van der Waals surface area contributed by atoms with Gasteiger partial charge in [-0.1, -0.05) is 15.9 Å². The molecule has 0 aliphatic carbocycles. The third kappa shape index (κ3) is 3.54. The molecule has 0 bridgehead atoms. The van der Waals surface area contributed by atoms with E-state index < -0.39 is 0 Å². The third-order valence-electron chi connectivity index (χ3n) is 2.74. The highest BCUT2D eigenvalue weighted by Gasteiger charge is 2.07. The lowest BCUT2D eigenvalue weighted by molar-refractivity contribution is 0.0594. The summed E-state index contributed by atoms with van der Waals surface area (Å²) in [6.45, 7) is 0.566. The second-order valence-corrected chi connectivity index (χ2v) is 5.04. The highest BCUT2D eigenvalue weighted by Crippen LogP contribution is 2.24. The lowest BCUT2D eigenvalue weighted by atomic mass is 10.3. The molecule has 0 fully saturated rings. The average molecular weight is 339 g/mol. The van der Waals surface area contributed by atoms with Crippen molar-refractivity contribution in [3.8, 4) is 5.75 Å². The Bertz CT molecular complexity index is 610. The van der Waals surface area contributed by atoms with E-state index in [-0.39, 0.29) is 5.97 Å². The van der Waals surface area contributed by atoms with E-state index in [1.165, 1.54) is 7.11 Å². The topological polar surface area (TPSA) is 63.4 Å². The van der Waals surface area contributed by atoms with Gasteiger partial charge in [0, 0.05) is 21.9 Å². The minimum atomic E-state index is -0.375. The van der Waals surface area contributed by atoms with Gasteiger partial charge in [0.05, 0.1) is 20.8 Å². The van der Waals surface area contributed by atoms with Gasteiger partial charge in [-0.15, -0.1) is 0 Å². The van der Waals surface area contributed by atoms with Crippen LogP contribution in [-0.4, -0.2) is 25.2 Å². The monoisotopic (exact) mass is 338 g/mol. The summed E-state index contributed by atoms with van der Waals surface area (Å²) in [5.41, 5.74) is 2.26. The molecule has 2 N–H and O–H groups in total. The maximum absolute atomic E-state index is 11.3. The number of esters is 1. The van der Waals surface area contributed by atoms with Gasteiger partial charge >= 0.3 is 5.97 Å². The lowest BCUT2D eigenvalue weighted by Crippen LogP contribution is -2.03. The Labute approximate surface area is 125 Å². The van der Waals surface area contributed by atoms with Crippen LogP contribution < -0.4 is 10.1 Å². The van der Waals surface area contributed by atoms with Gasteiger partial charge in [0.1, 0.15) is 11.4 Å². The van der Waals surface area contributed by atoms with Gasteiger partial charge < -0.3 is 19.8 Å². The van der Waals surface area contributed by atoms with Crippen LogP contribution in [0.1, 0.15) is 16.2 Å². The van der Waals surface area contributed by atoms with Crippen molar-refractivity contribution in [2.45, 2.75) is 6.54 Å². The minimum absolute atomic E-state index is 0.375. The van der Waals surface area contributed by atoms with Crippen LogP contribution in [-0.2, 0) is 11.3 Å². The molecule has 5 nitrogen and oxygen atoms in total. The number of nitrogens with one attached hydrogen (secondary N) is 2.